The molecule has 2 N–H and O–H groups in total. The van der Waals surface area contributed by atoms with Gasteiger partial charge in [0.25, 0.3) is 0 Å². The van der Waals surface area contributed by atoms with E-state index < -0.39 is 12.8 Å². The fourth-order valence-corrected chi connectivity index (χ4v) is 3.55. The summed E-state index contributed by atoms with van der Waals surface area (Å²) in [5.41, 5.74) is 2.43. The van der Waals surface area contributed by atoms with Crippen molar-refractivity contribution in [3.8, 4) is 5.75 Å². The minimum absolute atomic E-state index is 0.0638. The van der Waals surface area contributed by atoms with Gasteiger partial charge in [0.15, 0.2) is 12.4 Å². The quantitative estimate of drug-likeness (QED) is 0.721. The van der Waals surface area contributed by atoms with Crippen LogP contribution in [0.15, 0.2) is 47.1 Å². The number of rotatable bonds is 7. The van der Waals surface area contributed by atoms with Crippen molar-refractivity contribution in [3.63, 3.8) is 0 Å². The Morgan fingerprint density at radius 3 is 2.52 bits per heavy atom. The molecule has 1 aliphatic heterocycles. The highest BCUT2D eigenvalue weighted by Gasteiger charge is 2.35. The lowest BCUT2D eigenvalue weighted by Gasteiger charge is -2.27. The third-order valence-corrected chi connectivity index (χ3v) is 4.86. The van der Waals surface area contributed by atoms with Gasteiger partial charge in [0.05, 0.1) is 19.3 Å². The van der Waals surface area contributed by atoms with Crippen LogP contribution in [0.1, 0.15) is 12.0 Å². The molecule has 1 aromatic carbocycles. The van der Waals surface area contributed by atoms with Crippen molar-refractivity contribution in [1.29, 1.82) is 0 Å². The summed E-state index contributed by atoms with van der Waals surface area (Å²) in [6.45, 7) is -0.770. The molecule has 1 atom stereocenters. The summed E-state index contributed by atoms with van der Waals surface area (Å²) < 4.78 is 42.8. The summed E-state index contributed by atoms with van der Waals surface area (Å²) in [6.07, 6.45) is -0.0906. The SMILES string of the molecule is CN1N=C(N(CCO)CCO)C2=CC=C(c3ccccc3OCC(F)(F)F)CC21. The van der Waals surface area contributed by atoms with Gasteiger partial charge in [0.2, 0.25) is 0 Å². The monoisotopic (exact) mass is 411 g/mol. The Balaban J connectivity index is 1.87. The van der Waals surface area contributed by atoms with E-state index in [0.717, 1.165) is 11.1 Å². The summed E-state index contributed by atoms with van der Waals surface area (Å²) in [5, 5.41) is 25.0. The Morgan fingerprint density at radius 1 is 1.17 bits per heavy atom. The highest BCUT2D eigenvalue weighted by Crippen LogP contribution is 2.38. The number of hydrazone groups is 1. The normalized spacial score (nSPS) is 18.8. The Bertz CT molecular complexity index is 815. The first-order valence-corrected chi connectivity index (χ1v) is 9.32. The maximum atomic E-state index is 12.6. The van der Waals surface area contributed by atoms with Crippen molar-refractivity contribution >= 4 is 11.4 Å². The molecule has 1 unspecified atom stereocenters. The molecular formula is C20H24F3N3O3. The minimum atomic E-state index is -4.40. The van der Waals surface area contributed by atoms with Gasteiger partial charge in [-0.15, -0.1) is 0 Å². The molecule has 3 rings (SSSR count). The van der Waals surface area contributed by atoms with Crippen molar-refractivity contribution < 1.29 is 28.1 Å². The zero-order chi connectivity index (χ0) is 21.0. The first-order valence-electron chi connectivity index (χ1n) is 9.32. The second kappa shape index (κ2) is 8.87. The number of allylic oxidation sites excluding steroid dienone is 2. The van der Waals surface area contributed by atoms with Gasteiger partial charge < -0.3 is 19.8 Å². The van der Waals surface area contributed by atoms with Gasteiger partial charge in [-0.1, -0.05) is 30.4 Å². The maximum absolute atomic E-state index is 12.6. The molecule has 0 radical (unpaired) electrons. The third kappa shape index (κ3) is 4.91. The molecule has 2 aliphatic rings. The average Bonchev–Trinajstić information content (AvgIpc) is 3.02. The van der Waals surface area contributed by atoms with Crippen molar-refractivity contribution in [1.82, 2.24) is 9.91 Å². The number of aliphatic hydroxyl groups excluding tert-OH is 2. The predicted octanol–water partition coefficient (Wildman–Crippen LogP) is 2.26. The largest absolute Gasteiger partial charge is 0.483 e. The average molecular weight is 411 g/mol. The molecule has 1 aromatic rings. The van der Waals surface area contributed by atoms with Crippen LogP contribution in [0.3, 0.4) is 0 Å². The van der Waals surface area contributed by atoms with Crippen LogP contribution in [0.25, 0.3) is 5.57 Å². The Labute approximate surface area is 167 Å². The fourth-order valence-electron chi connectivity index (χ4n) is 3.55. The van der Waals surface area contributed by atoms with Crippen LogP contribution in [-0.4, -0.2) is 78.1 Å². The van der Waals surface area contributed by atoms with Crippen LogP contribution in [0, 0.1) is 0 Å². The molecule has 29 heavy (non-hydrogen) atoms. The van der Waals surface area contributed by atoms with E-state index in [0.29, 0.717) is 30.9 Å². The topological polar surface area (TPSA) is 68.5 Å². The first kappa shape index (κ1) is 21.2. The predicted molar refractivity (Wildman–Crippen MR) is 103 cm³/mol. The van der Waals surface area contributed by atoms with Crippen LogP contribution >= 0.6 is 0 Å². The van der Waals surface area contributed by atoms with E-state index >= 15 is 0 Å². The fraction of sp³-hybridized carbons (Fsp3) is 0.450. The number of alkyl halides is 3. The van der Waals surface area contributed by atoms with E-state index in [1.165, 1.54) is 6.07 Å². The summed E-state index contributed by atoms with van der Waals surface area (Å²) in [6, 6.07) is 6.61. The number of fused-ring (bicyclic) bond motifs is 1. The van der Waals surface area contributed by atoms with Gasteiger partial charge in [-0.25, -0.2) is 0 Å². The van der Waals surface area contributed by atoms with E-state index in [1.54, 1.807) is 23.2 Å². The van der Waals surface area contributed by atoms with Crippen molar-refractivity contribution in [2.75, 3.05) is 40.0 Å². The lowest BCUT2D eigenvalue weighted by molar-refractivity contribution is -0.153. The lowest BCUT2D eigenvalue weighted by atomic mass is 9.88. The van der Waals surface area contributed by atoms with Gasteiger partial charge >= 0.3 is 6.18 Å². The molecule has 0 spiro atoms. The van der Waals surface area contributed by atoms with Crippen LogP contribution in [0.5, 0.6) is 5.75 Å². The van der Waals surface area contributed by atoms with Crippen LogP contribution in [-0.2, 0) is 0 Å². The molecule has 0 aromatic heterocycles. The van der Waals surface area contributed by atoms with Crippen LogP contribution in [0.2, 0.25) is 0 Å². The maximum Gasteiger partial charge on any atom is 0.422 e. The zero-order valence-electron chi connectivity index (χ0n) is 16.1. The molecule has 0 bridgehead atoms. The van der Waals surface area contributed by atoms with Crippen molar-refractivity contribution in [3.05, 3.63) is 47.6 Å². The number of aliphatic hydroxyl groups is 2. The summed E-state index contributed by atoms with van der Waals surface area (Å²) in [7, 11) is 1.83. The van der Waals surface area contributed by atoms with Gasteiger partial charge in [0, 0.05) is 31.3 Å². The van der Waals surface area contributed by atoms with Crippen molar-refractivity contribution in [2.24, 2.45) is 5.10 Å². The van der Waals surface area contributed by atoms with E-state index in [1.807, 2.05) is 24.1 Å². The number of halogens is 3. The second-order valence-corrected chi connectivity index (χ2v) is 6.87. The molecule has 0 saturated carbocycles. The van der Waals surface area contributed by atoms with Gasteiger partial charge in [-0.05, 0) is 18.1 Å². The number of amidine groups is 1. The van der Waals surface area contributed by atoms with E-state index in [2.05, 4.69) is 5.10 Å². The standard InChI is InChI=1S/C20H24F3N3O3/c1-25-17-12-14(15-4-2-3-5-18(15)29-13-20(21,22)23)6-7-16(17)19(24-25)26(8-10-27)9-11-28/h2-7,17,27-28H,8-13H2,1H3. The number of likely N-dealkylation sites (N-methyl/N-ethyl adjacent to an activating group) is 1. The van der Waals surface area contributed by atoms with Gasteiger partial charge in [0.1, 0.15) is 5.75 Å². The molecule has 1 aliphatic carbocycles. The highest BCUT2D eigenvalue weighted by molar-refractivity contribution is 6.02. The van der Waals surface area contributed by atoms with Crippen LogP contribution in [0.4, 0.5) is 13.2 Å². The van der Waals surface area contributed by atoms with Gasteiger partial charge in [-0.2, -0.15) is 18.3 Å². The first-order chi connectivity index (χ1) is 13.8. The number of ether oxygens (including phenoxy) is 1. The number of para-hydroxylation sites is 1. The lowest BCUT2D eigenvalue weighted by Crippen LogP contribution is -2.37. The molecule has 0 fully saturated rings. The number of hydrogen-bond donors (Lipinski definition) is 2. The molecule has 158 valence electrons. The smallest absolute Gasteiger partial charge is 0.422 e. The molecule has 9 heteroatoms. The summed E-state index contributed by atoms with van der Waals surface area (Å²) >= 11 is 0. The minimum Gasteiger partial charge on any atom is -0.483 e. The number of nitrogens with zero attached hydrogens (tertiary/aromatic N) is 3. The van der Waals surface area contributed by atoms with E-state index in [9.17, 15) is 23.4 Å². The molecular weight excluding hydrogens is 387 g/mol. The molecule has 0 saturated heterocycles. The number of benzene rings is 1. The van der Waals surface area contributed by atoms with Crippen molar-refractivity contribution in [2.45, 2.75) is 18.6 Å². The van der Waals surface area contributed by atoms with Crippen LogP contribution < -0.4 is 4.74 Å². The van der Waals surface area contributed by atoms with E-state index in [-0.39, 0.29) is 25.0 Å². The Hall–Kier alpha value is -2.52. The summed E-state index contributed by atoms with van der Waals surface area (Å²) in [4.78, 5) is 1.82. The molecule has 0 amide bonds. The van der Waals surface area contributed by atoms with Gasteiger partial charge in [-0.3, -0.25) is 5.01 Å². The Kier molecular flexibility index (Phi) is 6.49. The molecule has 1 heterocycles. The van der Waals surface area contributed by atoms with E-state index in [4.69, 9.17) is 4.74 Å². The highest BCUT2D eigenvalue weighted by atomic mass is 19.4. The Morgan fingerprint density at radius 2 is 1.86 bits per heavy atom. The number of hydrogen-bond acceptors (Lipinski definition) is 6. The molecule has 6 nitrogen and oxygen atoms in total. The second-order valence-electron chi connectivity index (χ2n) is 6.87. The zero-order valence-corrected chi connectivity index (χ0v) is 16.1. The summed E-state index contributed by atoms with van der Waals surface area (Å²) in [5.74, 6) is 0.884. The third-order valence-electron chi connectivity index (χ3n) is 4.86.